The fourth-order valence-electron chi connectivity index (χ4n) is 1.61. The molecule has 5 heteroatoms. The van der Waals surface area contributed by atoms with Gasteiger partial charge in [-0.05, 0) is 29.8 Å². The molecule has 1 heterocycles. The van der Waals surface area contributed by atoms with Crippen LogP contribution in [0.15, 0.2) is 47.6 Å². The van der Waals surface area contributed by atoms with Crippen molar-refractivity contribution in [2.75, 3.05) is 12.9 Å². The van der Waals surface area contributed by atoms with E-state index in [2.05, 4.69) is 4.98 Å². The second kappa shape index (κ2) is 6.80. The van der Waals surface area contributed by atoms with Crippen molar-refractivity contribution in [3.8, 4) is 5.75 Å². The lowest BCUT2D eigenvalue weighted by atomic mass is 10.1. The molecule has 0 bridgehead atoms. The zero-order valence-corrected chi connectivity index (χ0v) is 12.1. The highest BCUT2D eigenvalue weighted by molar-refractivity contribution is 7.99. The van der Waals surface area contributed by atoms with Crippen LogP contribution in [0.3, 0.4) is 0 Å². The summed E-state index contributed by atoms with van der Waals surface area (Å²) >= 11 is 7.61. The standard InChI is InChI=1S/C14H15ClN2OS/c1-18-11-5-2-4-10(8-11)13(16)9-19-14-12(15)6-3-7-17-14/h2-8,13H,9,16H2,1H3. The predicted molar refractivity (Wildman–Crippen MR) is 79.9 cm³/mol. The van der Waals surface area contributed by atoms with Crippen molar-refractivity contribution in [1.82, 2.24) is 4.98 Å². The van der Waals surface area contributed by atoms with Gasteiger partial charge < -0.3 is 10.5 Å². The van der Waals surface area contributed by atoms with Gasteiger partial charge in [0.2, 0.25) is 0 Å². The first-order valence-corrected chi connectivity index (χ1v) is 7.20. The second-order valence-electron chi connectivity index (χ2n) is 3.98. The summed E-state index contributed by atoms with van der Waals surface area (Å²) in [6.07, 6.45) is 1.73. The van der Waals surface area contributed by atoms with E-state index in [9.17, 15) is 0 Å². The largest absolute Gasteiger partial charge is 0.497 e. The van der Waals surface area contributed by atoms with Crippen molar-refractivity contribution in [2.24, 2.45) is 5.73 Å². The first kappa shape index (κ1) is 14.2. The maximum absolute atomic E-state index is 6.17. The number of rotatable bonds is 5. The van der Waals surface area contributed by atoms with E-state index < -0.39 is 0 Å². The minimum atomic E-state index is -0.0850. The number of halogens is 1. The summed E-state index contributed by atoms with van der Waals surface area (Å²) in [5.41, 5.74) is 7.21. The molecule has 0 radical (unpaired) electrons. The van der Waals surface area contributed by atoms with E-state index >= 15 is 0 Å². The molecule has 100 valence electrons. The summed E-state index contributed by atoms with van der Waals surface area (Å²) in [6.45, 7) is 0. The first-order chi connectivity index (χ1) is 9.20. The van der Waals surface area contributed by atoms with Gasteiger partial charge in [-0.1, -0.05) is 23.7 Å². The number of methoxy groups -OCH3 is 1. The Kier molecular flexibility index (Phi) is 5.07. The van der Waals surface area contributed by atoms with Crippen molar-refractivity contribution in [3.05, 3.63) is 53.2 Å². The van der Waals surface area contributed by atoms with E-state index in [0.717, 1.165) is 16.3 Å². The second-order valence-corrected chi connectivity index (χ2v) is 5.40. The van der Waals surface area contributed by atoms with Crippen LogP contribution < -0.4 is 10.5 Å². The van der Waals surface area contributed by atoms with E-state index in [0.29, 0.717) is 10.8 Å². The van der Waals surface area contributed by atoms with Crippen LogP contribution >= 0.6 is 23.4 Å². The first-order valence-electron chi connectivity index (χ1n) is 5.83. The number of benzene rings is 1. The molecule has 3 nitrogen and oxygen atoms in total. The van der Waals surface area contributed by atoms with Gasteiger partial charge in [-0.2, -0.15) is 0 Å². The molecule has 1 aromatic heterocycles. The lowest BCUT2D eigenvalue weighted by Crippen LogP contribution is -2.13. The number of aromatic nitrogens is 1. The molecule has 2 rings (SSSR count). The molecule has 0 amide bonds. The van der Waals surface area contributed by atoms with Crippen LogP contribution in [0, 0.1) is 0 Å². The molecule has 1 atom stereocenters. The fourth-order valence-corrected chi connectivity index (χ4v) is 2.77. The van der Waals surface area contributed by atoms with Crippen LogP contribution in [-0.2, 0) is 0 Å². The summed E-state index contributed by atoms with van der Waals surface area (Å²) in [7, 11) is 1.65. The number of ether oxygens (including phenoxy) is 1. The number of thioether (sulfide) groups is 1. The molecule has 0 aliphatic carbocycles. The monoisotopic (exact) mass is 294 g/mol. The third-order valence-corrected chi connectivity index (χ3v) is 4.19. The van der Waals surface area contributed by atoms with Crippen LogP contribution in [0.1, 0.15) is 11.6 Å². The molecule has 2 N–H and O–H groups in total. The molecule has 0 spiro atoms. The number of hydrogen-bond donors (Lipinski definition) is 1. The minimum absolute atomic E-state index is 0.0850. The van der Waals surface area contributed by atoms with Gasteiger partial charge in [0.25, 0.3) is 0 Å². The average molecular weight is 295 g/mol. The molecule has 19 heavy (non-hydrogen) atoms. The van der Waals surface area contributed by atoms with Crippen molar-refractivity contribution >= 4 is 23.4 Å². The smallest absolute Gasteiger partial charge is 0.119 e. The molecule has 0 aliphatic heterocycles. The lowest BCUT2D eigenvalue weighted by Gasteiger charge is -2.12. The maximum Gasteiger partial charge on any atom is 0.119 e. The van der Waals surface area contributed by atoms with Gasteiger partial charge in [-0.25, -0.2) is 4.98 Å². The Hall–Kier alpha value is -1.23. The quantitative estimate of drug-likeness (QED) is 0.857. The summed E-state index contributed by atoms with van der Waals surface area (Å²) in [4.78, 5) is 4.23. The molecule has 0 saturated heterocycles. The number of nitrogens with two attached hydrogens (primary N) is 1. The number of nitrogens with zero attached hydrogens (tertiary/aromatic N) is 1. The van der Waals surface area contributed by atoms with Crippen molar-refractivity contribution in [2.45, 2.75) is 11.1 Å². The Labute approximate surface area is 122 Å². The minimum Gasteiger partial charge on any atom is -0.497 e. The predicted octanol–water partition coefficient (Wildman–Crippen LogP) is 3.54. The molecule has 0 saturated carbocycles. The summed E-state index contributed by atoms with van der Waals surface area (Å²) < 4.78 is 5.19. The Morgan fingerprint density at radius 3 is 2.95 bits per heavy atom. The molecule has 1 unspecified atom stereocenters. The molecular formula is C14H15ClN2OS. The molecule has 2 aromatic rings. The van der Waals surface area contributed by atoms with Crippen molar-refractivity contribution in [3.63, 3.8) is 0 Å². The maximum atomic E-state index is 6.17. The van der Waals surface area contributed by atoms with Gasteiger partial charge in [0.05, 0.1) is 12.1 Å². The van der Waals surface area contributed by atoms with Gasteiger partial charge in [-0.3, -0.25) is 0 Å². The molecule has 1 aromatic carbocycles. The van der Waals surface area contributed by atoms with Crippen molar-refractivity contribution in [1.29, 1.82) is 0 Å². The van der Waals surface area contributed by atoms with Crippen LogP contribution in [0.25, 0.3) is 0 Å². The molecule has 0 fully saturated rings. The van der Waals surface area contributed by atoms with Crippen LogP contribution in [0.2, 0.25) is 5.02 Å². The van der Waals surface area contributed by atoms with Gasteiger partial charge >= 0.3 is 0 Å². The zero-order chi connectivity index (χ0) is 13.7. The summed E-state index contributed by atoms with van der Waals surface area (Å²) in [6, 6.07) is 11.3. The average Bonchev–Trinajstić information content (AvgIpc) is 2.46. The normalized spacial score (nSPS) is 12.2. The summed E-state index contributed by atoms with van der Waals surface area (Å²) in [5.74, 6) is 1.53. The Morgan fingerprint density at radius 1 is 1.37 bits per heavy atom. The van der Waals surface area contributed by atoms with Gasteiger partial charge in [0, 0.05) is 18.0 Å². The molecular weight excluding hydrogens is 280 g/mol. The van der Waals surface area contributed by atoms with Crippen LogP contribution in [0.5, 0.6) is 5.75 Å². The molecule has 0 aliphatic rings. The van der Waals surface area contributed by atoms with E-state index in [1.54, 1.807) is 25.1 Å². The number of hydrogen-bond acceptors (Lipinski definition) is 4. The zero-order valence-electron chi connectivity index (χ0n) is 10.5. The Bertz CT molecular complexity index is 550. The third kappa shape index (κ3) is 3.86. The highest BCUT2D eigenvalue weighted by Crippen LogP contribution is 2.28. The van der Waals surface area contributed by atoms with Gasteiger partial charge in [0.15, 0.2) is 0 Å². The van der Waals surface area contributed by atoms with E-state index in [1.807, 2.05) is 36.4 Å². The lowest BCUT2D eigenvalue weighted by molar-refractivity contribution is 0.414. The topological polar surface area (TPSA) is 48.1 Å². The number of pyridine rings is 1. The van der Waals surface area contributed by atoms with Gasteiger partial charge in [-0.15, -0.1) is 11.8 Å². The van der Waals surface area contributed by atoms with E-state index in [-0.39, 0.29) is 6.04 Å². The highest BCUT2D eigenvalue weighted by atomic mass is 35.5. The fraction of sp³-hybridized carbons (Fsp3) is 0.214. The Balaban J connectivity index is 2.01. The third-order valence-electron chi connectivity index (χ3n) is 2.65. The SMILES string of the molecule is COc1cccc(C(N)CSc2ncccc2Cl)c1. The van der Waals surface area contributed by atoms with E-state index in [4.69, 9.17) is 22.1 Å². The van der Waals surface area contributed by atoms with Crippen LogP contribution in [-0.4, -0.2) is 17.8 Å². The van der Waals surface area contributed by atoms with Crippen LogP contribution in [0.4, 0.5) is 0 Å². The van der Waals surface area contributed by atoms with E-state index in [1.165, 1.54) is 0 Å². The Morgan fingerprint density at radius 2 is 2.21 bits per heavy atom. The van der Waals surface area contributed by atoms with Crippen molar-refractivity contribution < 1.29 is 4.74 Å². The van der Waals surface area contributed by atoms with Gasteiger partial charge in [0.1, 0.15) is 10.8 Å². The highest BCUT2D eigenvalue weighted by Gasteiger charge is 2.09. The summed E-state index contributed by atoms with van der Waals surface area (Å²) in [5, 5.41) is 1.47.